The van der Waals surface area contributed by atoms with Gasteiger partial charge in [0.25, 0.3) is 5.91 Å². The van der Waals surface area contributed by atoms with Gasteiger partial charge in [0, 0.05) is 30.5 Å². The molecule has 2 bridgehead atoms. The molecule has 7 nitrogen and oxygen atoms in total. The Morgan fingerprint density at radius 1 is 1.15 bits per heavy atom. The number of amides is 1. The number of hydrogen-bond acceptors (Lipinski definition) is 6. The van der Waals surface area contributed by atoms with Crippen LogP contribution in [0.2, 0.25) is 5.02 Å². The fraction of sp³-hybridized carbons (Fsp3) is 0.516. The van der Waals surface area contributed by atoms with E-state index < -0.39 is 27.3 Å². The Hall–Kier alpha value is -2.55. The first kappa shape index (κ1) is 27.6. The molecule has 1 saturated carbocycles. The number of aliphatic hydroxyl groups excluding tert-OH is 1. The van der Waals surface area contributed by atoms with Crippen LogP contribution in [0.1, 0.15) is 68.4 Å². The van der Waals surface area contributed by atoms with Gasteiger partial charge >= 0.3 is 0 Å². The summed E-state index contributed by atoms with van der Waals surface area (Å²) in [7, 11) is -3.88. The third-order valence-corrected chi connectivity index (χ3v) is 11.5. The molecule has 2 aromatic carbocycles. The normalized spacial score (nSPS) is 32.5. The zero-order valence-corrected chi connectivity index (χ0v) is 24.4. The molecule has 0 aromatic heterocycles. The third-order valence-electron chi connectivity index (χ3n) is 9.50. The molecule has 2 N–H and O–H groups in total. The maximum absolute atomic E-state index is 13.2. The van der Waals surface area contributed by atoms with Crippen LogP contribution in [0.3, 0.4) is 0 Å². The molecule has 0 saturated heterocycles. The quantitative estimate of drug-likeness (QED) is 0.410. The summed E-state index contributed by atoms with van der Waals surface area (Å²) in [6.07, 6.45) is 8.93. The van der Waals surface area contributed by atoms with E-state index in [0.717, 1.165) is 49.4 Å². The zero-order chi connectivity index (χ0) is 28.1. The van der Waals surface area contributed by atoms with Crippen molar-refractivity contribution in [1.29, 1.82) is 0 Å². The minimum absolute atomic E-state index is 0. The second-order valence-corrected chi connectivity index (χ2v) is 14.6. The molecule has 1 spiro atoms. The van der Waals surface area contributed by atoms with E-state index in [2.05, 4.69) is 21.8 Å². The predicted octanol–water partition coefficient (Wildman–Crippen LogP) is 5.24. The van der Waals surface area contributed by atoms with Crippen molar-refractivity contribution in [1.82, 2.24) is 4.72 Å². The number of aryl methyl sites for hydroxylation is 1. The molecular weight excluding hydrogens is 548 g/mol. The Kier molecular flexibility index (Phi) is 7.38. The average Bonchev–Trinajstić information content (AvgIpc) is 3.05. The van der Waals surface area contributed by atoms with Gasteiger partial charge in [-0.2, -0.15) is 0 Å². The summed E-state index contributed by atoms with van der Waals surface area (Å²) in [6.45, 7) is 3.52. The van der Waals surface area contributed by atoms with Crippen LogP contribution in [0.15, 0.2) is 48.6 Å². The molecule has 216 valence electrons. The zero-order valence-electron chi connectivity index (χ0n) is 22.8. The summed E-state index contributed by atoms with van der Waals surface area (Å²) >= 11 is 6.37. The van der Waals surface area contributed by atoms with Crippen molar-refractivity contribution in [2.24, 2.45) is 11.8 Å². The van der Waals surface area contributed by atoms with E-state index in [1.807, 2.05) is 12.1 Å². The summed E-state index contributed by atoms with van der Waals surface area (Å²) < 4.78 is 34.6. The average molecular weight is 587 g/mol. The fourth-order valence-electron chi connectivity index (χ4n) is 6.98. The largest absolute Gasteiger partial charge is 0.490 e. The van der Waals surface area contributed by atoms with Crippen LogP contribution in [-0.2, 0) is 21.9 Å². The molecule has 9 heteroatoms. The lowest BCUT2D eigenvalue weighted by molar-refractivity contribution is 0.0177. The molecule has 6 rings (SSSR count). The van der Waals surface area contributed by atoms with Crippen molar-refractivity contribution in [3.63, 3.8) is 0 Å². The van der Waals surface area contributed by atoms with E-state index in [0.29, 0.717) is 31.2 Å². The van der Waals surface area contributed by atoms with Gasteiger partial charge in [-0.1, -0.05) is 29.8 Å². The van der Waals surface area contributed by atoms with E-state index >= 15 is 0 Å². The van der Waals surface area contributed by atoms with Crippen molar-refractivity contribution in [3.05, 3.63) is 70.3 Å². The number of sulfonamides is 1. The first-order valence-electron chi connectivity index (χ1n) is 14.3. The van der Waals surface area contributed by atoms with Crippen LogP contribution in [0, 0.1) is 11.8 Å². The van der Waals surface area contributed by atoms with E-state index in [9.17, 15) is 18.3 Å². The molecule has 0 radical (unpaired) electrons. The summed E-state index contributed by atoms with van der Waals surface area (Å²) in [5, 5.41) is 11.0. The first-order valence-corrected chi connectivity index (χ1v) is 16.3. The highest BCUT2D eigenvalue weighted by Crippen LogP contribution is 2.46. The predicted molar refractivity (Wildman–Crippen MR) is 159 cm³/mol. The van der Waals surface area contributed by atoms with Gasteiger partial charge in [-0.15, -0.1) is 0 Å². The molecular formula is C31H39ClN2O5S. The molecule has 1 fully saturated rings. The highest BCUT2D eigenvalue weighted by molar-refractivity contribution is 7.90. The number of aliphatic hydroxyl groups is 1. The number of allylic oxidation sites excluding steroid dienone is 1. The second kappa shape index (κ2) is 10.7. The molecule has 0 unspecified atom stereocenters. The molecule has 2 aromatic rings. The topological polar surface area (TPSA) is 95.9 Å². The highest BCUT2D eigenvalue weighted by Gasteiger charge is 2.44. The smallest absolute Gasteiger partial charge is 0.264 e. The number of carbonyl (C=O) groups excluding carboxylic acids is 1. The van der Waals surface area contributed by atoms with Crippen molar-refractivity contribution in [2.45, 2.75) is 68.6 Å². The third kappa shape index (κ3) is 5.14. The SMILES string of the molecule is C[C@H]1C/C=C\C[C@H](O)[C@@H]2CC[C@H]2CN2C[C@@]3(CCCc4cc(Cl)ccc43)COc3ccc(cc32)C(=O)NS1(=O)=O.[HH]. The molecule has 2 aliphatic heterocycles. The van der Waals surface area contributed by atoms with Gasteiger partial charge in [0.1, 0.15) is 5.75 Å². The fourth-order valence-corrected chi connectivity index (χ4v) is 8.12. The molecule has 2 aliphatic carbocycles. The van der Waals surface area contributed by atoms with Crippen molar-refractivity contribution in [2.75, 3.05) is 24.6 Å². The minimum atomic E-state index is -3.88. The van der Waals surface area contributed by atoms with Crippen LogP contribution in [0.25, 0.3) is 0 Å². The molecule has 1 amide bonds. The Bertz CT molecular complexity index is 1450. The number of halogens is 1. The van der Waals surface area contributed by atoms with Crippen LogP contribution in [0.4, 0.5) is 5.69 Å². The van der Waals surface area contributed by atoms with Gasteiger partial charge in [0.05, 0.1) is 23.6 Å². The number of anilines is 1. The van der Waals surface area contributed by atoms with E-state index in [1.54, 1.807) is 31.2 Å². The van der Waals surface area contributed by atoms with Crippen molar-refractivity contribution >= 4 is 33.2 Å². The Labute approximate surface area is 243 Å². The van der Waals surface area contributed by atoms with Gasteiger partial charge in [-0.3, -0.25) is 4.79 Å². The molecule has 4 aliphatic rings. The maximum Gasteiger partial charge on any atom is 0.264 e. The minimum Gasteiger partial charge on any atom is -0.490 e. The number of nitrogens with one attached hydrogen (secondary N) is 1. The molecule has 5 atom stereocenters. The Balaban J connectivity index is 0.00000337. The number of rotatable bonds is 0. The summed E-state index contributed by atoms with van der Waals surface area (Å²) in [5.41, 5.74) is 3.34. The number of fused-ring (bicyclic) bond motifs is 4. The number of hydrogen-bond donors (Lipinski definition) is 2. The van der Waals surface area contributed by atoms with Crippen LogP contribution >= 0.6 is 11.6 Å². The Morgan fingerprint density at radius 2 is 1.98 bits per heavy atom. The van der Waals surface area contributed by atoms with E-state index in [1.165, 1.54) is 11.1 Å². The lowest BCUT2D eigenvalue weighted by Gasteiger charge is -2.45. The lowest BCUT2D eigenvalue weighted by atomic mass is 9.68. The number of ether oxygens (including phenoxy) is 1. The monoisotopic (exact) mass is 586 g/mol. The van der Waals surface area contributed by atoms with Gasteiger partial charge < -0.3 is 14.7 Å². The van der Waals surface area contributed by atoms with Crippen molar-refractivity contribution in [3.8, 4) is 5.75 Å². The van der Waals surface area contributed by atoms with Gasteiger partial charge in [0.15, 0.2) is 0 Å². The molecule has 2 heterocycles. The molecule has 40 heavy (non-hydrogen) atoms. The van der Waals surface area contributed by atoms with Crippen LogP contribution in [-0.4, -0.2) is 50.5 Å². The summed E-state index contributed by atoms with van der Waals surface area (Å²) in [5.74, 6) is 0.529. The van der Waals surface area contributed by atoms with Crippen LogP contribution < -0.4 is 14.4 Å². The number of benzene rings is 2. The Morgan fingerprint density at radius 3 is 2.77 bits per heavy atom. The highest BCUT2D eigenvalue weighted by atomic mass is 35.5. The van der Waals surface area contributed by atoms with Gasteiger partial charge in [-0.05, 0) is 105 Å². The lowest BCUT2D eigenvalue weighted by Crippen LogP contribution is -2.49. The number of nitrogens with zero attached hydrogens (tertiary/aromatic N) is 1. The number of carbonyl (C=O) groups is 1. The van der Waals surface area contributed by atoms with Crippen LogP contribution in [0.5, 0.6) is 5.75 Å². The van der Waals surface area contributed by atoms with Gasteiger partial charge in [-0.25, -0.2) is 13.1 Å². The standard InChI is InChI=1S/C31H37ClN2O5S.H2/c1-20-5-2-3-7-28(35)25-11-8-23(25)17-34-18-31(14-4-6-21-15-24(32)10-12-26(21)31)19-39-29-13-9-22(16-27(29)34)30(36)33-40(20,37)38;/h2-3,9-10,12-13,15-16,20,23,25,28,35H,4-8,11,14,17-19H2,1H3,(H,33,36);1H/b3-2-;/t20-,23-,25+,28-,31-;/m0./s1. The van der Waals surface area contributed by atoms with E-state index in [-0.39, 0.29) is 24.7 Å². The van der Waals surface area contributed by atoms with Crippen molar-refractivity contribution < 1.29 is 24.5 Å². The second-order valence-electron chi connectivity index (χ2n) is 12.1. The van der Waals surface area contributed by atoms with Gasteiger partial charge in [0.2, 0.25) is 10.0 Å². The first-order chi connectivity index (χ1) is 19.1. The maximum atomic E-state index is 13.2. The summed E-state index contributed by atoms with van der Waals surface area (Å²) in [4.78, 5) is 15.5. The summed E-state index contributed by atoms with van der Waals surface area (Å²) in [6, 6.07) is 11.4. The van der Waals surface area contributed by atoms with E-state index in [4.69, 9.17) is 16.3 Å².